The molecule has 1 N–H and O–H groups in total. The van der Waals surface area contributed by atoms with Crippen LogP contribution in [0, 0.1) is 0 Å². The van der Waals surface area contributed by atoms with E-state index in [2.05, 4.69) is 36.2 Å². The average Bonchev–Trinajstić information content (AvgIpc) is 2.90. The summed E-state index contributed by atoms with van der Waals surface area (Å²) in [6, 6.07) is 13.5. The molecule has 3 rings (SSSR count). The summed E-state index contributed by atoms with van der Waals surface area (Å²) in [5.41, 5.74) is 4.44. The van der Waals surface area contributed by atoms with Crippen LogP contribution in [0.1, 0.15) is 28.4 Å². The first-order chi connectivity index (χ1) is 10.2. The van der Waals surface area contributed by atoms with Crippen molar-refractivity contribution in [2.75, 3.05) is 0 Å². The summed E-state index contributed by atoms with van der Waals surface area (Å²) in [7, 11) is 0. The lowest BCUT2D eigenvalue weighted by Gasteiger charge is -2.06. The fourth-order valence-corrected chi connectivity index (χ4v) is 2.40. The summed E-state index contributed by atoms with van der Waals surface area (Å²) in [6.45, 7) is 2.87. The van der Waals surface area contributed by atoms with Crippen molar-refractivity contribution in [3.8, 4) is 0 Å². The van der Waals surface area contributed by atoms with Gasteiger partial charge >= 0.3 is 5.97 Å². The van der Waals surface area contributed by atoms with E-state index in [1.54, 1.807) is 18.5 Å². The molecule has 0 atom stereocenters. The second-order valence-electron chi connectivity index (χ2n) is 5.05. The molecule has 0 fully saturated rings. The highest BCUT2D eigenvalue weighted by atomic mass is 16.4. The number of fused-ring (bicyclic) bond motifs is 1. The number of hydrogen-bond acceptors (Lipinski definition) is 2. The predicted molar refractivity (Wildman–Crippen MR) is 81.6 cm³/mol. The zero-order chi connectivity index (χ0) is 14.8. The van der Waals surface area contributed by atoms with Crippen LogP contribution in [0.5, 0.6) is 0 Å². The van der Waals surface area contributed by atoms with Gasteiger partial charge in [0.15, 0.2) is 0 Å². The van der Waals surface area contributed by atoms with Crippen molar-refractivity contribution in [3.05, 3.63) is 65.5 Å². The molecule has 4 heteroatoms. The number of aromatic carboxylic acids is 1. The molecular weight excluding hydrogens is 264 g/mol. The maximum Gasteiger partial charge on any atom is 0.335 e. The Labute approximate surface area is 122 Å². The molecule has 0 aliphatic heterocycles. The van der Waals surface area contributed by atoms with Gasteiger partial charge in [-0.3, -0.25) is 0 Å². The van der Waals surface area contributed by atoms with Gasteiger partial charge in [-0.15, -0.1) is 0 Å². The van der Waals surface area contributed by atoms with Crippen LogP contribution < -0.4 is 0 Å². The smallest absolute Gasteiger partial charge is 0.335 e. The van der Waals surface area contributed by atoms with Crippen LogP contribution in [0.3, 0.4) is 0 Å². The van der Waals surface area contributed by atoms with Crippen LogP contribution in [0.4, 0.5) is 0 Å². The molecule has 3 aromatic rings. The topological polar surface area (TPSA) is 55.1 Å². The van der Waals surface area contributed by atoms with Crippen LogP contribution in [-0.4, -0.2) is 20.6 Å². The highest BCUT2D eigenvalue weighted by Gasteiger charge is 2.08. The van der Waals surface area contributed by atoms with Gasteiger partial charge in [0, 0.05) is 6.54 Å². The van der Waals surface area contributed by atoms with Crippen molar-refractivity contribution < 1.29 is 9.90 Å². The number of carbonyl (C=O) groups is 1. The third-order valence-corrected chi connectivity index (χ3v) is 3.65. The lowest BCUT2D eigenvalue weighted by atomic mass is 10.1. The van der Waals surface area contributed by atoms with Gasteiger partial charge in [0.2, 0.25) is 0 Å². The monoisotopic (exact) mass is 280 g/mol. The first kappa shape index (κ1) is 13.4. The Morgan fingerprint density at radius 1 is 1.14 bits per heavy atom. The maximum absolute atomic E-state index is 11.0. The van der Waals surface area contributed by atoms with E-state index in [0.29, 0.717) is 5.52 Å². The standard InChI is InChI=1S/C17H16N2O2/c1-2-12-3-5-13(6-4-12)10-19-11-18-15-9-14(17(20)21)7-8-16(15)19/h3-9,11H,2,10H2,1H3,(H,20,21). The Kier molecular flexibility index (Phi) is 3.44. The van der Waals surface area contributed by atoms with E-state index in [1.807, 2.05) is 10.6 Å². The van der Waals surface area contributed by atoms with Crippen LogP contribution in [0.15, 0.2) is 48.8 Å². The fourth-order valence-electron chi connectivity index (χ4n) is 2.40. The predicted octanol–water partition coefficient (Wildman–Crippen LogP) is 3.35. The Morgan fingerprint density at radius 2 is 1.86 bits per heavy atom. The molecule has 4 nitrogen and oxygen atoms in total. The fraction of sp³-hybridized carbons (Fsp3) is 0.176. The van der Waals surface area contributed by atoms with Crippen molar-refractivity contribution in [1.29, 1.82) is 0 Å². The van der Waals surface area contributed by atoms with Gasteiger partial charge in [0.1, 0.15) is 0 Å². The molecule has 1 aromatic heterocycles. The second kappa shape index (κ2) is 5.40. The normalized spacial score (nSPS) is 10.9. The minimum absolute atomic E-state index is 0.264. The van der Waals surface area contributed by atoms with Crippen molar-refractivity contribution in [2.24, 2.45) is 0 Å². The minimum Gasteiger partial charge on any atom is -0.478 e. The summed E-state index contributed by atoms with van der Waals surface area (Å²) in [4.78, 5) is 15.3. The van der Waals surface area contributed by atoms with Gasteiger partial charge in [-0.05, 0) is 35.7 Å². The molecule has 0 spiro atoms. The Bertz CT molecular complexity index is 788. The van der Waals surface area contributed by atoms with Gasteiger partial charge in [-0.25, -0.2) is 9.78 Å². The zero-order valence-electron chi connectivity index (χ0n) is 11.8. The molecule has 0 bridgehead atoms. The molecule has 21 heavy (non-hydrogen) atoms. The highest BCUT2D eigenvalue weighted by molar-refractivity contribution is 5.92. The largest absolute Gasteiger partial charge is 0.478 e. The van der Waals surface area contributed by atoms with Crippen molar-refractivity contribution >= 4 is 17.0 Å². The molecule has 2 aromatic carbocycles. The second-order valence-corrected chi connectivity index (χ2v) is 5.05. The van der Waals surface area contributed by atoms with Crippen LogP contribution in [0.2, 0.25) is 0 Å². The number of aromatic nitrogens is 2. The molecule has 0 saturated carbocycles. The van der Waals surface area contributed by atoms with Crippen LogP contribution in [0.25, 0.3) is 11.0 Å². The highest BCUT2D eigenvalue weighted by Crippen LogP contribution is 2.17. The molecule has 0 saturated heterocycles. The first-order valence-corrected chi connectivity index (χ1v) is 6.93. The van der Waals surface area contributed by atoms with E-state index < -0.39 is 5.97 Å². The first-order valence-electron chi connectivity index (χ1n) is 6.93. The summed E-state index contributed by atoms with van der Waals surface area (Å²) < 4.78 is 2.03. The third-order valence-electron chi connectivity index (χ3n) is 3.65. The van der Waals surface area contributed by atoms with Gasteiger partial charge < -0.3 is 9.67 Å². The summed E-state index contributed by atoms with van der Waals surface area (Å²) in [5, 5.41) is 9.00. The van der Waals surface area contributed by atoms with Crippen molar-refractivity contribution in [2.45, 2.75) is 19.9 Å². The number of rotatable bonds is 4. The molecule has 0 aliphatic carbocycles. The van der Waals surface area contributed by atoms with E-state index in [9.17, 15) is 4.79 Å². The number of hydrogen-bond donors (Lipinski definition) is 1. The van der Waals surface area contributed by atoms with E-state index in [1.165, 1.54) is 11.1 Å². The number of aryl methyl sites for hydroxylation is 1. The lowest BCUT2D eigenvalue weighted by Crippen LogP contribution is -1.99. The van der Waals surface area contributed by atoms with Crippen molar-refractivity contribution in [3.63, 3.8) is 0 Å². The lowest BCUT2D eigenvalue weighted by molar-refractivity contribution is 0.0697. The van der Waals surface area contributed by atoms with E-state index in [0.717, 1.165) is 18.5 Å². The molecular formula is C17H16N2O2. The molecule has 0 amide bonds. The van der Waals surface area contributed by atoms with E-state index >= 15 is 0 Å². The Morgan fingerprint density at radius 3 is 2.52 bits per heavy atom. The van der Waals surface area contributed by atoms with Crippen LogP contribution >= 0.6 is 0 Å². The summed E-state index contributed by atoms with van der Waals surface area (Å²) in [6.07, 6.45) is 2.79. The SMILES string of the molecule is CCc1ccc(Cn2cnc3cc(C(=O)O)ccc32)cc1. The average molecular weight is 280 g/mol. The summed E-state index contributed by atoms with van der Waals surface area (Å²) in [5.74, 6) is -0.929. The van der Waals surface area contributed by atoms with E-state index in [-0.39, 0.29) is 5.56 Å². The maximum atomic E-state index is 11.0. The number of benzene rings is 2. The molecule has 0 unspecified atom stereocenters. The van der Waals surface area contributed by atoms with Gasteiger partial charge in [-0.1, -0.05) is 31.2 Å². The quantitative estimate of drug-likeness (QED) is 0.797. The number of carboxylic acids is 1. The van der Waals surface area contributed by atoms with Gasteiger partial charge in [0.25, 0.3) is 0 Å². The molecule has 0 aliphatic rings. The Hall–Kier alpha value is -2.62. The minimum atomic E-state index is -0.929. The van der Waals surface area contributed by atoms with Crippen molar-refractivity contribution in [1.82, 2.24) is 9.55 Å². The van der Waals surface area contributed by atoms with Crippen LogP contribution in [-0.2, 0) is 13.0 Å². The molecule has 106 valence electrons. The number of imidazole rings is 1. The summed E-state index contributed by atoms with van der Waals surface area (Å²) >= 11 is 0. The molecule has 0 radical (unpaired) electrons. The Balaban J connectivity index is 1.91. The van der Waals surface area contributed by atoms with Gasteiger partial charge in [-0.2, -0.15) is 0 Å². The third kappa shape index (κ3) is 2.65. The number of carboxylic acid groups (broad SMARTS) is 1. The molecule has 1 heterocycles. The van der Waals surface area contributed by atoms with Gasteiger partial charge in [0.05, 0.1) is 22.9 Å². The number of nitrogens with zero attached hydrogens (tertiary/aromatic N) is 2. The van der Waals surface area contributed by atoms with E-state index in [4.69, 9.17) is 5.11 Å². The zero-order valence-corrected chi connectivity index (χ0v) is 11.8.